The van der Waals surface area contributed by atoms with Gasteiger partial charge in [0.2, 0.25) is 11.6 Å². The highest BCUT2D eigenvalue weighted by atomic mass is 79.9. The van der Waals surface area contributed by atoms with Crippen LogP contribution in [0.2, 0.25) is 0 Å². The summed E-state index contributed by atoms with van der Waals surface area (Å²) in [6.45, 7) is 8.69. The fourth-order valence-electron chi connectivity index (χ4n) is 11.8. The van der Waals surface area contributed by atoms with Crippen LogP contribution in [0.5, 0.6) is 0 Å². The first-order valence-corrected chi connectivity index (χ1v) is 26.2. The van der Waals surface area contributed by atoms with Gasteiger partial charge in [-0.05, 0) is 105 Å². The Hall–Kier alpha value is -8.78. The first kappa shape index (κ1) is 44.9. The molecule has 14 aromatic rings. The van der Waals surface area contributed by atoms with E-state index in [4.69, 9.17) is 17.7 Å². The van der Waals surface area contributed by atoms with Crippen LogP contribution in [-0.2, 0) is 0 Å². The first-order chi connectivity index (χ1) is 36.6. The van der Waals surface area contributed by atoms with E-state index in [2.05, 4.69) is 159 Å². The van der Waals surface area contributed by atoms with Crippen molar-refractivity contribution in [1.29, 1.82) is 0 Å². The summed E-state index contributed by atoms with van der Waals surface area (Å²) in [6.07, 6.45) is 0. The molecule has 0 unspecified atom stereocenters. The van der Waals surface area contributed by atoms with Gasteiger partial charge < -0.3 is 17.7 Å². The van der Waals surface area contributed by atoms with Crippen LogP contribution in [0, 0.1) is 0 Å². The number of carbonyl (C=O) groups is 2. The molecule has 360 valence electrons. The Morgan fingerprint density at radius 2 is 0.720 bits per heavy atom. The number of hydrogen-bond donors (Lipinski definition) is 0. The van der Waals surface area contributed by atoms with E-state index < -0.39 is 11.6 Å². The largest absolute Gasteiger partial charge is 0.456 e. The van der Waals surface area contributed by atoms with Crippen molar-refractivity contribution in [2.24, 2.45) is 0 Å². The average Bonchev–Trinajstić information content (AvgIpc) is 4.27. The number of carbonyl (C=O) groups excluding carboxylic acids is 2. The Balaban J connectivity index is 0.000000138. The van der Waals surface area contributed by atoms with E-state index in [9.17, 15) is 9.59 Å². The summed E-state index contributed by atoms with van der Waals surface area (Å²) in [5, 5.41) is 8.16. The van der Waals surface area contributed by atoms with Crippen molar-refractivity contribution in [2.45, 2.75) is 39.5 Å². The van der Waals surface area contributed by atoms with Crippen molar-refractivity contribution in [2.75, 3.05) is 0 Å². The van der Waals surface area contributed by atoms with Crippen LogP contribution < -0.4 is 0 Å². The van der Waals surface area contributed by atoms with Crippen LogP contribution >= 0.6 is 15.9 Å². The molecule has 0 atom stereocenters. The molecular weight excluding hydrogens is 993 g/mol. The number of ketones is 2. The number of hydrogen-bond acceptors (Lipinski definition) is 6. The molecule has 0 spiro atoms. The highest BCUT2D eigenvalue weighted by Gasteiger charge is 2.36. The van der Waals surface area contributed by atoms with Crippen LogP contribution in [0.4, 0.5) is 0 Å². The number of benzene rings is 10. The van der Waals surface area contributed by atoms with Crippen LogP contribution in [0.3, 0.4) is 0 Å². The predicted molar refractivity (Wildman–Crippen MR) is 308 cm³/mol. The summed E-state index contributed by atoms with van der Waals surface area (Å²) in [6, 6.07) is 63.4. The van der Waals surface area contributed by atoms with Crippen molar-refractivity contribution >= 4 is 115 Å². The highest BCUT2D eigenvalue weighted by molar-refractivity contribution is 9.10. The first-order valence-electron chi connectivity index (χ1n) is 25.4. The molecule has 0 aliphatic heterocycles. The van der Waals surface area contributed by atoms with Gasteiger partial charge in [-0.15, -0.1) is 0 Å². The molecule has 0 N–H and O–H groups in total. The minimum absolute atomic E-state index is 0.263. The van der Waals surface area contributed by atoms with Crippen LogP contribution in [0.1, 0.15) is 71.4 Å². The molecule has 0 saturated heterocycles. The van der Waals surface area contributed by atoms with Gasteiger partial charge in [-0.2, -0.15) is 0 Å². The van der Waals surface area contributed by atoms with Gasteiger partial charge in [0.25, 0.3) is 0 Å². The zero-order chi connectivity index (χ0) is 50.8. The molecule has 1 aliphatic rings. The van der Waals surface area contributed by atoms with Crippen molar-refractivity contribution in [3.05, 3.63) is 215 Å². The van der Waals surface area contributed by atoms with Gasteiger partial charge in [0.1, 0.15) is 44.7 Å². The number of Topliss-reactive ketones (excluding diaryl/α,β-unsaturated/α-hetero) is 2. The normalized spacial score (nSPS) is 12.6. The van der Waals surface area contributed by atoms with Crippen molar-refractivity contribution < 1.29 is 27.3 Å². The average molecular weight is 1040 g/mol. The molecule has 10 aromatic carbocycles. The topological polar surface area (TPSA) is 86.7 Å². The maximum Gasteiger partial charge on any atom is 0.234 e. The summed E-state index contributed by atoms with van der Waals surface area (Å²) >= 11 is 3.86. The van der Waals surface area contributed by atoms with Gasteiger partial charge in [0.15, 0.2) is 0 Å². The standard InChI is InChI=1S/C35H22O4.C33H23BrO2/c1-18(2)20-10-6-12-24-29-27(38-34(20)24)17-16-22-30(29)31-23(33(37)32(22)36)14-15-25-28-21(19-8-4-3-5-9-19)11-7-13-26(28)39-35(25)31;1-19(2)21-11-6-14-24-30-23(13-8-16-28(30)35-32(21)24)31-26(34)18-17-25-29-22(20-9-4-3-5-10-20)12-7-15-27(29)36-33(25)31/h3-18H,1-2H3;3-19H,1-2H3. The Morgan fingerprint density at radius 3 is 1.25 bits per heavy atom. The van der Waals surface area contributed by atoms with Crippen molar-refractivity contribution in [3.63, 3.8) is 0 Å². The zero-order valence-corrected chi connectivity index (χ0v) is 43.0. The van der Waals surface area contributed by atoms with Gasteiger partial charge in [-0.3, -0.25) is 9.59 Å². The third-order valence-electron chi connectivity index (χ3n) is 15.2. The Morgan fingerprint density at radius 1 is 0.320 bits per heavy atom. The number of para-hydroxylation sites is 2. The monoisotopic (exact) mass is 1040 g/mol. The molecule has 4 aromatic heterocycles. The zero-order valence-electron chi connectivity index (χ0n) is 41.4. The second kappa shape index (κ2) is 17.2. The fraction of sp³-hybridized carbons (Fsp3) is 0.0882. The molecule has 4 heterocycles. The molecule has 0 bridgehead atoms. The van der Waals surface area contributed by atoms with Crippen LogP contribution in [0.25, 0.3) is 132 Å². The van der Waals surface area contributed by atoms with Crippen LogP contribution in [-0.4, -0.2) is 11.6 Å². The van der Waals surface area contributed by atoms with Gasteiger partial charge >= 0.3 is 0 Å². The van der Waals surface area contributed by atoms with E-state index in [-0.39, 0.29) is 5.92 Å². The minimum atomic E-state index is -0.516. The SMILES string of the molecule is CC(C)c1cccc2c1oc1ccc3c(c12)-c1c(ccc2c1oc1cccc(-c4ccccc4)c12)C(=O)C3=O.CC(C)c1cccc2c1oc1cccc(-c3c(Br)ccc4c3oc3cccc(-c5ccccc5)c34)c12. The summed E-state index contributed by atoms with van der Waals surface area (Å²) < 4.78 is 27.0. The lowest BCUT2D eigenvalue weighted by atomic mass is 9.80. The number of fused-ring (bicyclic) bond motifs is 17. The smallest absolute Gasteiger partial charge is 0.234 e. The summed E-state index contributed by atoms with van der Waals surface area (Å²) in [5.74, 6) is -0.383. The van der Waals surface area contributed by atoms with Gasteiger partial charge in [-0.25, -0.2) is 0 Å². The molecule has 75 heavy (non-hydrogen) atoms. The van der Waals surface area contributed by atoms with E-state index in [0.29, 0.717) is 39.3 Å². The molecule has 1 aliphatic carbocycles. The predicted octanol–water partition coefficient (Wildman–Crippen LogP) is 20.0. The Kier molecular flexibility index (Phi) is 10.3. The van der Waals surface area contributed by atoms with E-state index >= 15 is 0 Å². The lowest BCUT2D eigenvalue weighted by Crippen LogP contribution is -2.21. The third kappa shape index (κ3) is 6.77. The van der Waals surface area contributed by atoms with Crippen LogP contribution in [0.15, 0.2) is 210 Å². The summed E-state index contributed by atoms with van der Waals surface area (Å²) in [7, 11) is 0. The van der Waals surface area contributed by atoms with E-state index in [1.165, 1.54) is 16.7 Å². The summed E-state index contributed by atoms with van der Waals surface area (Å²) in [4.78, 5) is 26.8. The second-order valence-corrected chi connectivity index (χ2v) is 21.0. The van der Waals surface area contributed by atoms with Gasteiger partial charge in [0.05, 0.1) is 0 Å². The molecule has 0 saturated carbocycles. The summed E-state index contributed by atoms with van der Waals surface area (Å²) in [5.41, 5.74) is 17.5. The molecule has 0 amide bonds. The minimum Gasteiger partial charge on any atom is -0.456 e. The fourth-order valence-corrected chi connectivity index (χ4v) is 12.3. The number of halogens is 1. The quantitative estimate of drug-likeness (QED) is 0.160. The van der Waals surface area contributed by atoms with Gasteiger partial charge in [0, 0.05) is 75.4 Å². The molecule has 6 nitrogen and oxygen atoms in total. The van der Waals surface area contributed by atoms with Crippen molar-refractivity contribution in [3.8, 4) is 44.5 Å². The van der Waals surface area contributed by atoms with E-state index in [0.717, 1.165) is 109 Å². The molecule has 15 rings (SSSR count). The second-order valence-electron chi connectivity index (χ2n) is 20.1. The number of rotatable bonds is 5. The Bertz CT molecular complexity index is 4700. The lowest BCUT2D eigenvalue weighted by Gasteiger charge is -2.19. The molecule has 0 radical (unpaired) electrons. The maximum absolute atomic E-state index is 13.4. The van der Waals surface area contributed by atoms with Gasteiger partial charge in [-0.1, -0.05) is 177 Å². The Labute approximate surface area is 438 Å². The van der Waals surface area contributed by atoms with Crippen molar-refractivity contribution in [1.82, 2.24) is 0 Å². The molecular formula is C68H45BrO6. The molecule has 7 heteroatoms. The lowest BCUT2D eigenvalue weighted by molar-refractivity contribution is 0.0815. The highest BCUT2D eigenvalue weighted by Crippen LogP contribution is 2.51. The number of furan rings is 4. The van der Waals surface area contributed by atoms with E-state index in [1.807, 2.05) is 54.6 Å². The molecule has 0 fully saturated rings. The van der Waals surface area contributed by atoms with E-state index in [1.54, 1.807) is 18.2 Å². The maximum atomic E-state index is 13.4. The third-order valence-corrected chi connectivity index (χ3v) is 15.8.